The highest BCUT2D eigenvalue weighted by Gasteiger charge is 2.24. The molecule has 128 valence electrons. The van der Waals surface area contributed by atoms with E-state index in [9.17, 15) is 8.42 Å². The molecule has 3 aromatic carbocycles. The fourth-order valence-corrected chi connectivity index (χ4v) is 4.01. The average molecular weight is 352 g/mol. The molecule has 2 N–H and O–H groups in total. The van der Waals surface area contributed by atoms with Crippen LogP contribution in [0.4, 0.5) is 5.69 Å². The molecule has 25 heavy (non-hydrogen) atoms. The molecule has 0 aliphatic rings. The maximum absolute atomic E-state index is 13.1. The summed E-state index contributed by atoms with van der Waals surface area (Å²) in [7, 11) is -3.64. The maximum atomic E-state index is 13.1. The second-order valence-corrected chi connectivity index (χ2v) is 7.75. The smallest absolute Gasteiger partial charge is 0.243 e. The minimum atomic E-state index is -3.64. The van der Waals surface area contributed by atoms with Crippen LogP contribution < -0.4 is 5.73 Å². The van der Waals surface area contributed by atoms with Crippen molar-refractivity contribution in [2.75, 3.05) is 5.73 Å². The maximum Gasteiger partial charge on any atom is 0.243 e. The number of hydrogen-bond donors (Lipinski definition) is 1. The summed E-state index contributed by atoms with van der Waals surface area (Å²) in [4.78, 5) is 0.244. The normalized spacial score (nSPS) is 11.6. The largest absolute Gasteiger partial charge is 0.399 e. The van der Waals surface area contributed by atoms with E-state index in [0.717, 1.165) is 11.1 Å². The summed E-state index contributed by atoms with van der Waals surface area (Å²) in [6.07, 6.45) is 0. The van der Waals surface area contributed by atoms with Crippen molar-refractivity contribution in [3.8, 4) is 0 Å². The predicted octanol–water partition coefficient (Wildman–Crippen LogP) is 3.66. The third-order valence-electron chi connectivity index (χ3n) is 3.92. The fourth-order valence-electron chi connectivity index (χ4n) is 2.59. The van der Waals surface area contributed by atoms with Gasteiger partial charge in [-0.15, -0.1) is 0 Å². The third-order valence-corrected chi connectivity index (χ3v) is 5.73. The monoisotopic (exact) mass is 352 g/mol. The third kappa shape index (κ3) is 4.26. The van der Waals surface area contributed by atoms with Crippen molar-refractivity contribution in [2.45, 2.75) is 18.0 Å². The molecule has 0 spiro atoms. The van der Waals surface area contributed by atoms with E-state index >= 15 is 0 Å². The summed E-state index contributed by atoms with van der Waals surface area (Å²) in [5, 5.41) is 0. The molecule has 0 bridgehead atoms. The van der Waals surface area contributed by atoms with E-state index in [1.807, 2.05) is 60.7 Å². The standard InChI is InChI=1S/C20H20N2O2S/c21-19-11-13-20(14-12-19)25(23,24)22(15-17-7-3-1-4-8-17)16-18-9-5-2-6-10-18/h1-14H,15-16,21H2. The van der Waals surface area contributed by atoms with E-state index in [4.69, 9.17) is 5.73 Å². The molecule has 0 saturated carbocycles. The number of nitrogens with two attached hydrogens (primary N) is 1. The zero-order valence-electron chi connectivity index (χ0n) is 13.7. The van der Waals surface area contributed by atoms with Crippen LogP contribution in [0.15, 0.2) is 89.8 Å². The van der Waals surface area contributed by atoms with Crippen molar-refractivity contribution in [3.63, 3.8) is 0 Å². The molecular formula is C20H20N2O2S. The molecule has 5 heteroatoms. The van der Waals surface area contributed by atoms with Crippen molar-refractivity contribution in [1.29, 1.82) is 0 Å². The van der Waals surface area contributed by atoms with Crippen molar-refractivity contribution >= 4 is 15.7 Å². The number of rotatable bonds is 6. The Kier molecular flexibility index (Phi) is 5.16. The first-order valence-electron chi connectivity index (χ1n) is 7.99. The molecule has 3 aromatic rings. The highest BCUT2D eigenvalue weighted by molar-refractivity contribution is 7.89. The van der Waals surface area contributed by atoms with Crippen LogP contribution in [0.1, 0.15) is 11.1 Å². The topological polar surface area (TPSA) is 63.4 Å². The second-order valence-electron chi connectivity index (χ2n) is 5.81. The first-order valence-corrected chi connectivity index (χ1v) is 9.43. The molecule has 0 saturated heterocycles. The van der Waals surface area contributed by atoms with E-state index in [0.29, 0.717) is 18.8 Å². The van der Waals surface area contributed by atoms with Gasteiger partial charge in [-0.1, -0.05) is 60.7 Å². The van der Waals surface area contributed by atoms with Gasteiger partial charge in [0.25, 0.3) is 0 Å². The van der Waals surface area contributed by atoms with Crippen molar-refractivity contribution in [3.05, 3.63) is 96.1 Å². The van der Waals surface area contributed by atoms with E-state index in [-0.39, 0.29) is 4.90 Å². The van der Waals surface area contributed by atoms with Crippen LogP contribution >= 0.6 is 0 Å². The van der Waals surface area contributed by atoms with Gasteiger partial charge in [0, 0.05) is 18.8 Å². The highest BCUT2D eigenvalue weighted by Crippen LogP contribution is 2.22. The molecule has 0 aromatic heterocycles. The summed E-state index contributed by atoms with van der Waals surface area (Å²) in [6.45, 7) is 0.616. The van der Waals surface area contributed by atoms with Crippen LogP contribution in [0.25, 0.3) is 0 Å². The Morgan fingerprint density at radius 1 is 0.680 bits per heavy atom. The van der Waals surface area contributed by atoms with E-state index in [1.165, 1.54) is 4.31 Å². The Hall–Kier alpha value is -2.63. The summed E-state index contributed by atoms with van der Waals surface area (Å²) >= 11 is 0. The average Bonchev–Trinajstić information content (AvgIpc) is 2.63. The molecule has 0 aliphatic carbocycles. The Labute approximate surface area is 148 Å². The molecule has 0 atom stereocenters. The Bertz CT molecular complexity index is 867. The van der Waals surface area contributed by atoms with Crippen molar-refractivity contribution in [1.82, 2.24) is 4.31 Å². The lowest BCUT2D eigenvalue weighted by Gasteiger charge is -2.22. The Balaban J connectivity index is 1.95. The number of hydrogen-bond acceptors (Lipinski definition) is 3. The lowest BCUT2D eigenvalue weighted by Crippen LogP contribution is -2.30. The summed E-state index contributed by atoms with van der Waals surface area (Å²) in [5.74, 6) is 0. The number of nitrogen functional groups attached to an aromatic ring is 1. The Morgan fingerprint density at radius 2 is 1.12 bits per heavy atom. The van der Waals surface area contributed by atoms with Gasteiger partial charge in [0.15, 0.2) is 0 Å². The van der Waals surface area contributed by atoms with Crippen LogP contribution in [-0.4, -0.2) is 12.7 Å². The van der Waals surface area contributed by atoms with Gasteiger partial charge < -0.3 is 5.73 Å². The van der Waals surface area contributed by atoms with Crippen molar-refractivity contribution < 1.29 is 8.42 Å². The van der Waals surface area contributed by atoms with E-state index < -0.39 is 10.0 Å². The SMILES string of the molecule is Nc1ccc(S(=O)(=O)N(Cc2ccccc2)Cc2ccccc2)cc1. The van der Waals surface area contributed by atoms with Gasteiger partial charge >= 0.3 is 0 Å². The first kappa shape index (κ1) is 17.2. The molecule has 0 unspecified atom stereocenters. The quantitative estimate of drug-likeness (QED) is 0.689. The number of sulfonamides is 1. The van der Waals surface area contributed by atoms with Crippen LogP contribution in [-0.2, 0) is 23.1 Å². The van der Waals surface area contributed by atoms with Gasteiger partial charge in [0.2, 0.25) is 10.0 Å². The van der Waals surface area contributed by atoms with Gasteiger partial charge in [0.05, 0.1) is 4.90 Å². The molecule has 0 heterocycles. The van der Waals surface area contributed by atoms with Gasteiger partial charge in [-0.2, -0.15) is 4.31 Å². The molecule has 0 amide bonds. The number of benzene rings is 3. The lowest BCUT2D eigenvalue weighted by atomic mass is 10.2. The molecule has 3 rings (SSSR count). The van der Waals surface area contributed by atoms with Gasteiger partial charge in [0.1, 0.15) is 0 Å². The molecule has 0 radical (unpaired) electrons. The fraction of sp³-hybridized carbons (Fsp3) is 0.100. The lowest BCUT2D eigenvalue weighted by molar-refractivity contribution is 0.401. The minimum Gasteiger partial charge on any atom is -0.399 e. The molecule has 0 aliphatic heterocycles. The van der Waals surface area contributed by atoms with Crippen LogP contribution in [0.5, 0.6) is 0 Å². The van der Waals surface area contributed by atoms with Crippen molar-refractivity contribution in [2.24, 2.45) is 0 Å². The molecular weight excluding hydrogens is 332 g/mol. The first-order chi connectivity index (χ1) is 12.1. The molecule has 0 fully saturated rings. The minimum absolute atomic E-state index is 0.244. The van der Waals surface area contributed by atoms with Gasteiger partial charge in [-0.05, 0) is 35.4 Å². The van der Waals surface area contributed by atoms with E-state index in [1.54, 1.807) is 24.3 Å². The number of anilines is 1. The summed E-state index contributed by atoms with van der Waals surface area (Å²) < 4.78 is 27.8. The van der Waals surface area contributed by atoms with Crippen LogP contribution in [0.3, 0.4) is 0 Å². The zero-order chi connectivity index (χ0) is 17.7. The summed E-state index contributed by atoms with van der Waals surface area (Å²) in [5.41, 5.74) is 8.11. The van der Waals surface area contributed by atoms with Gasteiger partial charge in [-0.25, -0.2) is 8.42 Å². The van der Waals surface area contributed by atoms with E-state index in [2.05, 4.69) is 0 Å². The molecule has 4 nitrogen and oxygen atoms in total. The Morgan fingerprint density at radius 3 is 1.56 bits per heavy atom. The zero-order valence-corrected chi connectivity index (χ0v) is 14.6. The second kappa shape index (κ2) is 7.51. The van der Waals surface area contributed by atoms with Crippen LogP contribution in [0, 0.1) is 0 Å². The predicted molar refractivity (Wildman–Crippen MR) is 100 cm³/mol. The highest BCUT2D eigenvalue weighted by atomic mass is 32.2. The summed E-state index contributed by atoms with van der Waals surface area (Å²) in [6, 6.07) is 25.5. The van der Waals surface area contributed by atoms with Gasteiger partial charge in [-0.3, -0.25) is 0 Å². The number of nitrogens with zero attached hydrogens (tertiary/aromatic N) is 1. The van der Waals surface area contributed by atoms with Crippen LogP contribution in [0.2, 0.25) is 0 Å².